The topological polar surface area (TPSA) is 103 Å². The van der Waals surface area contributed by atoms with Gasteiger partial charge in [0.2, 0.25) is 0 Å². The fraction of sp³-hybridized carbons (Fsp3) is 0.767. The van der Waals surface area contributed by atoms with Crippen molar-refractivity contribution in [1.82, 2.24) is 10.6 Å². The molecule has 210 valence electrons. The van der Waals surface area contributed by atoms with Crippen molar-refractivity contribution in [3.8, 4) is 11.8 Å². The Hall–Kier alpha value is -2.69. The molecule has 4 rings (SSSR count). The first kappa shape index (κ1) is 28.3. The Bertz CT molecular complexity index is 874. The van der Waals surface area contributed by atoms with Crippen LogP contribution in [0.3, 0.4) is 0 Å². The molecule has 0 aromatic rings. The Labute approximate surface area is 227 Å². The number of amides is 2. The summed E-state index contributed by atoms with van der Waals surface area (Å²) in [6.45, 7) is 3.31. The van der Waals surface area contributed by atoms with E-state index in [0.717, 1.165) is 38.5 Å². The Kier molecular flexibility index (Phi) is 10.8. The highest BCUT2D eigenvalue weighted by molar-refractivity contribution is 5.81. The SMILES string of the molecule is CCOC(=O)[C@H](CCCCNC(=O)OC[C@@H]1[C@@H]2CC/C=C\CC[C@@H]21)NC(=O)OC[C@@H]1[C@@H]2CCC#CCC[C@@H]21. The van der Waals surface area contributed by atoms with Crippen molar-refractivity contribution < 1.29 is 28.6 Å². The smallest absolute Gasteiger partial charge is 0.407 e. The maximum absolute atomic E-state index is 12.4. The summed E-state index contributed by atoms with van der Waals surface area (Å²) in [6, 6.07) is -0.767. The first-order valence-electron chi connectivity index (χ1n) is 14.7. The maximum atomic E-state index is 12.4. The van der Waals surface area contributed by atoms with Gasteiger partial charge in [0.05, 0.1) is 19.8 Å². The second-order valence-corrected chi connectivity index (χ2v) is 11.1. The number of ether oxygens (including phenoxy) is 3. The molecule has 0 radical (unpaired) electrons. The second-order valence-electron chi connectivity index (χ2n) is 11.1. The quantitative estimate of drug-likeness (QED) is 0.122. The minimum Gasteiger partial charge on any atom is -0.464 e. The van der Waals surface area contributed by atoms with Crippen molar-refractivity contribution in [3.63, 3.8) is 0 Å². The summed E-state index contributed by atoms with van der Waals surface area (Å²) >= 11 is 0. The van der Waals surface area contributed by atoms with E-state index in [1.165, 1.54) is 12.8 Å². The van der Waals surface area contributed by atoms with Gasteiger partial charge in [-0.1, -0.05) is 12.2 Å². The highest BCUT2D eigenvalue weighted by Crippen LogP contribution is 2.53. The summed E-state index contributed by atoms with van der Waals surface area (Å²) in [6.07, 6.45) is 13.9. The third-order valence-electron chi connectivity index (χ3n) is 8.71. The summed E-state index contributed by atoms with van der Waals surface area (Å²) in [5.74, 6) is 9.39. The monoisotopic (exact) mass is 528 g/mol. The molecule has 2 fully saturated rings. The van der Waals surface area contributed by atoms with Gasteiger partial charge in [-0.15, -0.1) is 11.8 Å². The van der Waals surface area contributed by atoms with Gasteiger partial charge in [0.15, 0.2) is 0 Å². The molecule has 8 nitrogen and oxygen atoms in total. The molecule has 4 aliphatic carbocycles. The summed E-state index contributed by atoms with van der Waals surface area (Å²) in [5, 5.41) is 5.49. The van der Waals surface area contributed by atoms with Crippen LogP contribution in [0.5, 0.6) is 0 Å². The van der Waals surface area contributed by atoms with Crippen LogP contribution in [0.2, 0.25) is 0 Å². The number of fused-ring (bicyclic) bond motifs is 2. The molecular weight excluding hydrogens is 484 g/mol. The molecule has 0 aromatic heterocycles. The summed E-state index contributed by atoms with van der Waals surface area (Å²) in [5.41, 5.74) is 0. The van der Waals surface area contributed by atoms with E-state index in [1.54, 1.807) is 6.92 Å². The van der Waals surface area contributed by atoms with Crippen molar-refractivity contribution in [1.29, 1.82) is 0 Å². The third-order valence-corrected chi connectivity index (χ3v) is 8.71. The van der Waals surface area contributed by atoms with Gasteiger partial charge in [-0.05, 0) is 100 Å². The molecule has 0 bridgehead atoms. The first-order valence-corrected chi connectivity index (χ1v) is 14.7. The molecule has 0 aliphatic heterocycles. The van der Waals surface area contributed by atoms with E-state index in [2.05, 4.69) is 34.6 Å². The van der Waals surface area contributed by atoms with E-state index < -0.39 is 18.1 Å². The van der Waals surface area contributed by atoms with Gasteiger partial charge in [0, 0.05) is 19.4 Å². The number of esters is 1. The lowest BCUT2D eigenvalue weighted by atomic mass is 10.1. The van der Waals surface area contributed by atoms with Gasteiger partial charge in [0.25, 0.3) is 0 Å². The standard InChI is InChI=1S/C30H44N2O6/c1-2-36-28(33)27(32-30(35)38-20-26-23-15-9-5-6-10-16-24(23)26)17-11-12-18-31-29(34)37-19-25-21-13-7-3-4-8-14-22(21)25/h3-4,21-27H,2,7-20H2,1H3,(H,31,34)(H,32,35)/b4-3-/t21-,22+,23-,24+,25-,26-,27-/m0/s1. The Morgan fingerprint density at radius 2 is 1.39 bits per heavy atom. The number of nitrogens with one attached hydrogen (secondary N) is 2. The van der Waals surface area contributed by atoms with Crippen LogP contribution in [0.25, 0.3) is 0 Å². The molecule has 2 saturated carbocycles. The van der Waals surface area contributed by atoms with Crippen molar-refractivity contribution in [2.24, 2.45) is 35.5 Å². The largest absolute Gasteiger partial charge is 0.464 e. The van der Waals surface area contributed by atoms with Crippen molar-refractivity contribution >= 4 is 18.2 Å². The van der Waals surface area contributed by atoms with Crippen molar-refractivity contribution in [2.75, 3.05) is 26.4 Å². The van der Waals surface area contributed by atoms with E-state index in [0.29, 0.717) is 74.5 Å². The molecule has 0 heterocycles. The van der Waals surface area contributed by atoms with Crippen LogP contribution in [0.4, 0.5) is 9.59 Å². The zero-order valence-corrected chi connectivity index (χ0v) is 22.8. The number of alkyl carbamates (subject to hydrolysis) is 2. The van der Waals surface area contributed by atoms with E-state index in [1.807, 2.05) is 0 Å². The summed E-state index contributed by atoms with van der Waals surface area (Å²) in [4.78, 5) is 36.9. The van der Waals surface area contributed by atoms with E-state index in [9.17, 15) is 14.4 Å². The van der Waals surface area contributed by atoms with Gasteiger partial charge in [-0.25, -0.2) is 14.4 Å². The van der Waals surface area contributed by atoms with Gasteiger partial charge >= 0.3 is 18.2 Å². The van der Waals surface area contributed by atoms with E-state index >= 15 is 0 Å². The summed E-state index contributed by atoms with van der Waals surface area (Å²) in [7, 11) is 0. The van der Waals surface area contributed by atoms with Gasteiger partial charge in [0.1, 0.15) is 6.04 Å². The zero-order valence-electron chi connectivity index (χ0n) is 22.8. The number of carbonyl (C=O) groups is 3. The Morgan fingerprint density at radius 1 is 0.816 bits per heavy atom. The number of hydrogen-bond donors (Lipinski definition) is 2. The molecule has 4 aliphatic rings. The molecule has 2 amide bonds. The normalized spacial score (nSPS) is 30.6. The first-order chi connectivity index (χ1) is 18.6. The Balaban J connectivity index is 1.08. The molecule has 7 atom stereocenters. The molecule has 8 heteroatoms. The molecule has 38 heavy (non-hydrogen) atoms. The van der Waals surface area contributed by atoms with Crippen LogP contribution >= 0.6 is 0 Å². The van der Waals surface area contributed by atoms with Crippen LogP contribution < -0.4 is 10.6 Å². The number of allylic oxidation sites excluding steroid dienone is 2. The predicted octanol–water partition coefficient (Wildman–Crippen LogP) is 4.97. The number of hydrogen-bond acceptors (Lipinski definition) is 6. The van der Waals surface area contributed by atoms with E-state index in [-0.39, 0.29) is 12.7 Å². The van der Waals surface area contributed by atoms with Crippen LogP contribution in [0, 0.1) is 47.3 Å². The van der Waals surface area contributed by atoms with Crippen molar-refractivity contribution in [3.05, 3.63) is 12.2 Å². The average Bonchev–Trinajstić information content (AvgIpc) is 3.73. The van der Waals surface area contributed by atoms with Crippen LogP contribution in [0.1, 0.15) is 77.6 Å². The van der Waals surface area contributed by atoms with Crippen LogP contribution in [-0.4, -0.2) is 50.6 Å². The molecule has 0 aromatic carbocycles. The van der Waals surface area contributed by atoms with Crippen LogP contribution in [0.15, 0.2) is 12.2 Å². The third kappa shape index (κ3) is 8.41. The molecule has 0 unspecified atom stereocenters. The molecule has 0 spiro atoms. The number of unbranched alkanes of at least 4 members (excludes halogenated alkanes) is 1. The van der Waals surface area contributed by atoms with Crippen LogP contribution in [-0.2, 0) is 19.0 Å². The number of rotatable bonds is 12. The fourth-order valence-electron chi connectivity index (χ4n) is 6.46. The van der Waals surface area contributed by atoms with Crippen molar-refractivity contribution in [2.45, 2.75) is 83.6 Å². The van der Waals surface area contributed by atoms with E-state index in [4.69, 9.17) is 14.2 Å². The number of carbonyl (C=O) groups excluding carboxylic acids is 3. The zero-order chi connectivity index (χ0) is 26.7. The molecule has 0 saturated heterocycles. The van der Waals surface area contributed by atoms with Gasteiger partial charge < -0.3 is 24.8 Å². The fourth-order valence-corrected chi connectivity index (χ4v) is 6.46. The predicted molar refractivity (Wildman–Crippen MR) is 143 cm³/mol. The minimum absolute atomic E-state index is 0.242. The maximum Gasteiger partial charge on any atom is 0.407 e. The average molecular weight is 529 g/mol. The Morgan fingerprint density at radius 3 is 2.00 bits per heavy atom. The summed E-state index contributed by atoms with van der Waals surface area (Å²) < 4.78 is 16.1. The molecule has 2 N–H and O–H groups in total. The second kappa shape index (κ2) is 14.5. The van der Waals surface area contributed by atoms with Gasteiger partial charge in [-0.2, -0.15) is 0 Å². The molecular formula is C30H44N2O6. The minimum atomic E-state index is -0.767. The highest BCUT2D eigenvalue weighted by Gasteiger charge is 2.50. The van der Waals surface area contributed by atoms with Gasteiger partial charge in [-0.3, -0.25) is 0 Å². The lowest BCUT2D eigenvalue weighted by Crippen LogP contribution is -2.42. The lowest BCUT2D eigenvalue weighted by molar-refractivity contribution is -0.145. The lowest BCUT2D eigenvalue weighted by Gasteiger charge is -2.17. The highest BCUT2D eigenvalue weighted by atomic mass is 16.6.